The van der Waals surface area contributed by atoms with Gasteiger partial charge in [0, 0.05) is 11.7 Å². The number of anilines is 1. The lowest BCUT2D eigenvalue weighted by molar-refractivity contribution is -0.120. The van der Waals surface area contributed by atoms with Gasteiger partial charge in [0.05, 0.1) is 10.8 Å². The Morgan fingerprint density at radius 3 is 2.70 bits per heavy atom. The minimum Gasteiger partial charge on any atom is -0.327 e. The molecule has 2 atom stereocenters. The van der Waals surface area contributed by atoms with Crippen LogP contribution >= 0.6 is 0 Å². The summed E-state index contributed by atoms with van der Waals surface area (Å²) in [4.78, 5) is 12.2. The van der Waals surface area contributed by atoms with Crippen molar-refractivity contribution in [2.75, 3.05) is 12.4 Å². The third-order valence-corrected chi connectivity index (χ3v) is 5.00. The molecule has 0 bridgehead atoms. The van der Waals surface area contributed by atoms with E-state index in [1.165, 1.54) is 19.2 Å². The van der Waals surface area contributed by atoms with E-state index in [0.29, 0.717) is 5.69 Å². The van der Waals surface area contributed by atoms with E-state index in [4.69, 9.17) is 5.73 Å². The van der Waals surface area contributed by atoms with E-state index in [2.05, 4.69) is 10.0 Å². The van der Waals surface area contributed by atoms with Gasteiger partial charge in [-0.05, 0) is 38.1 Å². The second-order valence-electron chi connectivity index (χ2n) is 4.93. The predicted molar refractivity (Wildman–Crippen MR) is 76.6 cm³/mol. The van der Waals surface area contributed by atoms with Crippen molar-refractivity contribution in [2.24, 2.45) is 11.7 Å². The molecule has 4 N–H and O–H groups in total. The fourth-order valence-corrected chi connectivity index (χ4v) is 3.18. The summed E-state index contributed by atoms with van der Waals surface area (Å²) >= 11 is 0. The summed E-state index contributed by atoms with van der Waals surface area (Å²) in [7, 11) is -2.17. The summed E-state index contributed by atoms with van der Waals surface area (Å²) in [6.45, 7) is 0. The topological polar surface area (TPSA) is 101 Å². The monoisotopic (exact) mass is 297 g/mol. The number of nitrogens with two attached hydrogens (primary N) is 1. The lowest BCUT2D eigenvalue weighted by Gasteiger charge is -2.15. The zero-order valence-electron chi connectivity index (χ0n) is 11.3. The van der Waals surface area contributed by atoms with Gasteiger partial charge in [-0.1, -0.05) is 12.5 Å². The number of benzene rings is 1. The molecule has 1 aromatic carbocycles. The zero-order chi connectivity index (χ0) is 14.8. The number of hydrogen-bond donors (Lipinski definition) is 3. The molecule has 1 aliphatic rings. The number of nitrogens with one attached hydrogen (secondary N) is 2. The highest BCUT2D eigenvalue weighted by Gasteiger charge is 2.30. The first-order valence-electron chi connectivity index (χ1n) is 6.54. The third kappa shape index (κ3) is 3.17. The summed E-state index contributed by atoms with van der Waals surface area (Å²) in [6.07, 6.45) is 2.58. The summed E-state index contributed by atoms with van der Waals surface area (Å²) in [5, 5.41) is 2.74. The van der Waals surface area contributed by atoms with Gasteiger partial charge in [-0.2, -0.15) is 0 Å². The van der Waals surface area contributed by atoms with Crippen LogP contribution in [0.5, 0.6) is 0 Å². The Kier molecular flexibility index (Phi) is 4.42. The van der Waals surface area contributed by atoms with Crippen LogP contribution in [0.4, 0.5) is 5.69 Å². The van der Waals surface area contributed by atoms with Crippen molar-refractivity contribution in [1.29, 1.82) is 0 Å². The maximum Gasteiger partial charge on any atom is 0.240 e. The second kappa shape index (κ2) is 5.90. The Balaban J connectivity index is 2.14. The van der Waals surface area contributed by atoms with Gasteiger partial charge in [0.1, 0.15) is 0 Å². The zero-order valence-corrected chi connectivity index (χ0v) is 12.1. The molecule has 0 aliphatic heterocycles. The maximum atomic E-state index is 12.1. The molecule has 0 radical (unpaired) electrons. The standard InChI is InChI=1S/C13H19N3O3S/c1-15-20(18,19)10-5-2-4-9(8-10)16-13(17)11-6-3-7-12(11)14/h2,4-5,8,11-12,15H,3,6-7,14H2,1H3,(H,16,17). The summed E-state index contributed by atoms with van der Waals surface area (Å²) in [5.74, 6) is -0.339. The lowest BCUT2D eigenvalue weighted by atomic mass is 10.0. The van der Waals surface area contributed by atoms with Crippen LogP contribution < -0.4 is 15.8 Å². The molecule has 2 rings (SSSR count). The van der Waals surface area contributed by atoms with E-state index in [0.717, 1.165) is 19.3 Å². The molecule has 2 unspecified atom stereocenters. The van der Waals surface area contributed by atoms with Crippen molar-refractivity contribution < 1.29 is 13.2 Å². The van der Waals surface area contributed by atoms with E-state index in [1.807, 2.05) is 0 Å². The van der Waals surface area contributed by atoms with Crippen LogP contribution in [0.15, 0.2) is 29.2 Å². The van der Waals surface area contributed by atoms with E-state index >= 15 is 0 Å². The van der Waals surface area contributed by atoms with Crippen LogP contribution in [0, 0.1) is 5.92 Å². The lowest BCUT2D eigenvalue weighted by Crippen LogP contribution is -2.34. The van der Waals surface area contributed by atoms with Gasteiger partial charge in [0.15, 0.2) is 0 Å². The molecule has 1 saturated carbocycles. The van der Waals surface area contributed by atoms with Gasteiger partial charge in [0.25, 0.3) is 0 Å². The Bertz CT molecular complexity index is 601. The van der Waals surface area contributed by atoms with Crippen molar-refractivity contribution in [2.45, 2.75) is 30.2 Å². The Hall–Kier alpha value is -1.44. The quantitative estimate of drug-likeness (QED) is 0.760. The summed E-state index contributed by atoms with van der Waals surface area (Å²) in [5.41, 5.74) is 6.35. The van der Waals surface area contributed by atoms with E-state index < -0.39 is 10.0 Å². The highest BCUT2D eigenvalue weighted by molar-refractivity contribution is 7.89. The Labute approximate surface area is 118 Å². The number of hydrogen-bond acceptors (Lipinski definition) is 4. The minimum absolute atomic E-state index is 0.112. The van der Waals surface area contributed by atoms with Gasteiger partial charge < -0.3 is 11.1 Å². The fourth-order valence-electron chi connectivity index (χ4n) is 2.41. The molecule has 0 aromatic heterocycles. The van der Waals surface area contributed by atoms with Gasteiger partial charge in [-0.3, -0.25) is 4.79 Å². The largest absolute Gasteiger partial charge is 0.327 e. The number of sulfonamides is 1. The molecule has 6 nitrogen and oxygen atoms in total. The third-order valence-electron chi connectivity index (χ3n) is 3.59. The fraction of sp³-hybridized carbons (Fsp3) is 0.462. The Morgan fingerprint density at radius 2 is 2.10 bits per heavy atom. The molecule has 1 aliphatic carbocycles. The first kappa shape index (κ1) is 15.0. The summed E-state index contributed by atoms with van der Waals surface area (Å²) in [6, 6.07) is 6.05. The van der Waals surface area contributed by atoms with Crippen LogP contribution in [-0.2, 0) is 14.8 Å². The molecular formula is C13H19N3O3S. The maximum absolute atomic E-state index is 12.1. The molecule has 0 saturated heterocycles. The van der Waals surface area contributed by atoms with Crippen molar-refractivity contribution >= 4 is 21.6 Å². The molecule has 7 heteroatoms. The minimum atomic E-state index is -3.51. The highest BCUT2D eigenvalue weighted by atomic mass is 32.2. The Morgan fingerprint density at radius 1 is 1.35 bits per heavy atom. The van der Waals surface area contributed by atoms with Crippen LogP contribution in [-0.4, -0.2) is 27.4 Å². The first-order valence-corrected chi connectivity index (χ1v) is 8.02. The van der Waals surface area contributed by atoms with Crippen LogP contribution in [0.1, 0.15) is 19.3 Å². The van der Waals surface area contributed by atoms with Gasteiger partial charge in [-0.15, -0.1) is 0 Å². The number of amides is 1. The van der Waals surface area contributed by atoms with E-state index in [1.54, 1.807) is 12.1 Å². The van der Waals surface area contributed by atoms with Gasteiger partial charge in [0.2, 0.25) is 15.9 Å². The van der Waals surface area contributed by atoms with Gasteiger partial charge in [-0.25, -0.2) is 13.1 Å². The van der Waals surface area contributed by atoms with Crippen molar-refractivity contribution in [3.8, 4) is 0 Å². The number of carbonyl (C=O) groups excluding carboxylic acids is 1. The molecule has 110 valence electrons. The molecular weight excluding hydrogens is 278 g/mol. The molecule has 1 aromatic rings. The molecule has 0 heterocycles. The SMILES string of the molecule is CNS(=O)(=O)c1cccc(NC(=O)C2CCCC2N)c1. The average Bonchev–Trinajstić information content (AvgIpc) is 2.85. The van der Waals surface area contributed by atoms with E-state index in [-0.39, 0.29) is 22.8 Å². The smallest absolute Gasteiger partial charge is 0.240 e. The molecule has 1 amide bonds. The number of carbonyl (C=O) groups is 1. The molecule has 1 fully saturated rings. The normalized spacial score (nSPS) is 22.7. The highest BCUT2D eigenvalue weighted by Crippen LogP contribution is 2.25. The average molecular weight is 297 g/mol. The van der Waals surface area contributed by atoms with Crippen molar-refractivity contribution in [3.63, 3.8) is 0 Å². The van der Waals surface area contributed by atoms with Crippen LogP contribution in [0.3, 0.4) is 0 Å². The number of rotatable bonds is 4. The van der Waals surface area contributed by atoms with Crippen molar-refractivity contribution in [1.82, 2.24) is 4.72 Å². The van der Waals surface area contributed by atoms with E-state index in [9.17, 15) is 13.2 Å². The van der Waals surface area contributed by atoms with Crippen molar-refractivity contribution in [3.05, 3.63) is 24.3 Å². The predicted octanol–water partition coefficient (Wildman–Crippen LogP) is 0.661. The van der Waals surface area contributed by atoms with Crippen LogP contribution in [0.25, 0.3) is 0 Å². The van der Waals surface area contributed by atoms with Crippen LogP contribution in [0.2, 0.25) is 0 Å². The summed E-state index contributed by atoms with van der Waals surface area (Å²) < 4.78 is 25.6. The van der Waals surface area contributed by atoms with Gasteiger partial charge >= 0.3 is 0 Å². The first-order chi connectivity index (χ1) is 9.44. The molecule has 20 heavy (non-hydrogen) atoms. The molecule has 0 spiro atoms. The second-order valence-corrected chi connectivity index (χ2v) is 6.81.